The summed E-state index contributed by atoms with van der Waals surface area (Å²) in [5, 5.41) is 3.73. The minimum atomic E-state index is -4.41. The fourth-order valence-electron chi connectivity index (χ4n) is 2.28. The highest BCUT2D eigenvalue weighted by atomic mass is 19.4. The number of nitrogens with zero attached hydrogens (tertiary/aromatic N) is 2. The van der Waals surface area contributed by atoms with Crippen molar-refractivity contribution in [2.24, 2.45) is 13.0 Å². The molecule has 0 amide bonds. The molecule has 0 atom stereocenters. The molecule has 0 radical (unpaired) electrons. The van der Waals surface area contributed by atoms with E-state index < -0.39 is 11.9 Å². The molecule has 0 fully saturated rings. The average molecular weight is 282 g/mol. The summed E-state index contributed by atoms with van der Waals surface area (Å²) in [6.07, 6.45) is -2.23. The minimum absolute atomic E-state index is 0.121. The van der Waals surface area contributed by atoms with Crippen LogP contribution in [0.4, 0.5) is 13.2 Å². The molecular weight excluding hydrogens is 265 g/mol. The maximum absolute atomic E-state index is 13.0. The molecule has 0 saturated carbocycles. The van der Waals surface area contributed by atoms with E-state index in [2.05, 4.69) is 18.9 Å². The van der Waals surface area contributed by atoms with Crippen LogP contribution >= 0.6 is 0 Å². The largest absolute Gasteiger partial charge is 0.433 e. The lowest BCUT2D eigenvalue weighted by Crippen LogP contribution is -2.13. The van der Waals surface area contributed by atoms with Gasteiger partial charge in [-0.05, 0) is 23.5 Å². The van der Waals surface area contributed by atoms with Gasteiger partial charge in [-0.1, -0.05) is 38.1 Å². The van der Waals surface area contributed by atoms with Crippen molar-refractivity contribution in [3.8, 4) is 11.1 Å². The summed E-state index contributed by atoms with van der Waals surface area (Å²) in [5.41, 5.74) is 1.07. The van der Waals surface area contributed by atoms with Crippen molar-refractivity contribution in [2.75, 3.05) is 0 Å². The van der Waals surface area contributed by atoms with Crippen molar-refractivity contribution in [1.82, 2.24) is 9.78 Å². The molecule has 2 aromatic rings. The SMILES string of the molecule is CC(C)Cc1ccc(-c2cnn(C)c2C(F)(F)F)cc1. The van der Waals surface area contributed by atoms with E-state index in [1.807, 2.05) is 12.1 Å². The lowest BCUT2D eigenvalue weighted by molar-refractivity contribution is -0.143. The number of rotatable bonds is 3. The fraction of sp³-hybridized carbons (Fsp3) is 0.400. The van der Waals surface area contributed by atoms with Gasteiger partial charge in [-0.15, -0.1) is 0 Å². The molecule has 0 saturated heterocycles. The van der Waals surface area contributed by atoms with Crippen molar-refractivity contribution in [2.45, 2.75) is 26.4 Å². The number of aryl methyl sites for hydroxylation is 1. The number of benzene rings is 1. The molecule has 1 aromatic carbocycles. The summed E-state index contributed by atoms with van der Waals surface area (Å²) in [7, 11) is 1.31. The minimum Gasteiger partial charge on any atom is -0.263 e. The summed E-state index contributed by atoms with van der Waals surface area (Å²) < 4.78 is 39.9. The van der Waals surface area contributed by atoms with Gasteiger partial charge in [-0.3, -0.25) is 4.68 Å². The second-order valence-electron chi connectivity index (χ2n) is 5.32. The second kappa shape index (κ2) is 5.31. The van der Waals surface area contributed by atoms with Crippen LogP contribution in [0.5, 0.6) is 0 Å². The van der Waals surface area contributed by atoms with Crippen LogP contribution in [-0.4, -0.2) is 9.78 Å². The molecule has 108 valence electrons. The Kier molecular flexibility index (Phi) is 3.88. The highest BCUT2D eigenvalue weighted by Crippen LogP contribution is 2.36. The van der Waals surface area contributed by atoms with E-state index >= 15 is 0 Å². The molecule has 0 N–H and O–H groups in total. The standard InChI is InChI=1S/C15H17F3N2/c1-10(2)8-11-4-6-12(7-5-11)13-9-19-20(3)14(13)15(16,17)18/h4-7,9-10H,8H2,1-3H3. The summed E-state index contributed by atoms with van der Waals surface area (Å²) >= 11 is 0. The lowest BCUT2D eigenvalue weighted by Gasteiger charge is -2.11. The van der Waals surface area contributed by atoms with Gasteiger partial charge in [0.2, 0.25) is 0 Å². The van der Waals surface area contributed by atoms with Gasteiger partial charge in [-0.25, -0.2) is 0 Å². The maximum atomic E-state index is 13.0. The molecule has 0 bridgehead atoms. The maximum Gasteiger partial charge on any atom is 0.433 e. The van der Waals surface area contributed by atoms with Crippen LogP contribution < -0.4 is 0 Å². The van der Waals surface area contributed by atoms with Crippen molar-refractivity contribution < 1.29 is 13.2 Å². The Labute approximate surface area is 116 Å². The number of aromatic nitrogens is 2. The Balaban J connectivity index is 2.38. The predicted octanol–water partition coefficient (Wildman–Crippen LogP) is 4.30. The second-order valence-corrected chi connectivity index (χ2v) is 5.32. The molecular formula is C15H17F3N2. The normalized spacial score (nSPS) is 12.2. The van der Waals surface area contributed by atoms with Crippen LogP contribution in [-0.2, 0) is 19.6 Å². The summed E-state index contributed by atoms with van der Waals surface area (Å²) in [6, 6.07) is 7.21. The lowest BCUT2D eigenvalue weighted by atomic mass is 9.99. The van der Waals surface area contributed by atoms with E-state index in [1.165, 1.54) is 13.2 Å². The number of hydrogen-bond donors (Lipinski definition) is 0. The Morgan fingerprint density at radius 2 is 1.75 bits per heavy atom. The van der Waals surface area contributed by atoms with E-state index in [0.29, 0.717) is 11.5 Å². The van der Waals surface area contributed by atoms with E-state index in [1.54, 1.807) is 12.1 Å². The zero-order chi connectivity index (χ0) is 14.9. The van der Waals surface area contributed by atoms with Crippen LogP contribution in [0, 0.1) is 5.92 Å². The molecule has 5 heteroatoms. The zero-order valence-corrected chi connectivity index (χ0v) is 11.7. The molecule has 2 nitrogen and oxygen atoms in total. The van der Waals surface area contributed by atoms with E-state index in [-0.39, 0.29) is 5.56 Å². The van der Waals surface area contributed by atoms with Gasteiger partial charge >= 0.3 is 6.18 Å². The summed E-state index contributed by atoms with van der Waals surface area (Å²) in [6.45, 7) is 4.22. The first-order valence-corrected chi connectivity index (χ1v) is 6.47. The van der Waals surface area contributed by atoms with Gasteiger partial charge in [0.25, 0.3) is 0 Å². The van der Waals surface area contributed by atoms with Crippen LogP contribution in [0.1, 0.15) is 25.1 Å². The van der Waals surface area contributed by atoms with E-state index in [9.17, 15) is 13.2 Å². The highest BCUT2D eigenvalue weighted by molar-refractivity contribution is 5.66. The molecule has 0 aliphatic heterocycles. The third-order valence-electron chi connectivity index (χ3n) is 3.12. The molecule has 1 heterocycles. The molecule has 0 spiro atoms. The van der Waals surface area contributed by atoms with Crippen molar-refractivity contribution in [3.05, 3.63) is 41.7 Å². The first-order chi connectivity index (χ1) is 9.29. The third kappa shape index (κ3) is 3.03. The number of halogens is 3. The number of alkyl halides is 3. The summed E-state index contributed by atoms with van der Waals surface area (Å²) in [4.78, 5) is 0. The smallest absolute Gasteiger partial charge is 0.263 e. The topological polar surface area (TPSA) is 17.8 Å². The van der Waals surface area contributed by atoms with Crippen LogP contribution in [0.15, 0.2) is 30.5 Å². The molecule has 1 aromatic heterocycles. The average Bonchev–Trinajstić information content (AvgIpc) is 2.71. The van der Waals surface area contributed by atoms with Gasteiger partial charge in [0.05, 0.1) is 6.20 Å². The first-order valence-electron chi connectivity index (χ1n) is 6.47. The van der Waals surface area contributed by atoms with E-state index in [0.717, 1.165) is 16.7 Å². The first kappa shape index (κ1) is 14.6. The monoisotopic (exact) mass is 282 g/mol. The molecule has 0 unspecified atom stereocenters. The van der Waals surface area contributed by atoms with Crippen LogP contribution in [0.25, 0.3) is 11.1 Å². The Morgan fingerprint density at radius 3 is 2.25 bits per heavy atom. The van der Waals surface area contributed by atoms with Crippen molar-refractivity contribution in [3.63, 3.8) is 0 Å². The predicted molar refractivity (Wildman–Crippen MR) is 72.2 cm³/mol. The van der Waals surface area contributed by atoms with E-state index in [4.69, 9.17) is 0 Å². The molecule has 0 aliphatic rings. The van der Waals surface area contributed by atoms with Crippen molar-refractivity contribution in [1.29, 1.82) is 0 Å². The van der Waals surface area contributed by atoms with Gasteiger partial charge in [0.1, 0.15) is 5.69 Å². The Hall–Kier alpha value is -1.78. The van der Waals surface area contributed by atoms with Crippen LogP contribution in [0.2, 0.25) is 0 Å². The van der Waals surface area contributed by atoms with Crippen molar-refractivity contribution >= 4 is 0 Å². The molecule has 0 aliphatic carbocycles. The zero-order valence-electron chi connectivity index (χ0n) is 11.7. The van der Waals surface area contributed by atoms with Gasteiger partial charge in [-0.2, -0.15) is 18.3 Å². The highest BCUT2D eigenvalue weighted by Gasteiger charge is 2.37. The Morgan fingerprint density at radius 1 is 1.15 bits per heavy atom. The Bertz CT molecular complexity index is 580. The fourth-order valence-corrected chi connectivity index (χ4v) is 2.28. The quantitative estimate of drug-likeness (QED) is 0.820. The van der Waals surface area contributed by atoms with Gasteiger partial charge < -0.3 is 0 Å². The number of hydrogen-bond acceptors (Lipinski definition) is 1. The molecule has 20 heavy (non-hydrogen) atoms. The molecule has 2 rings (SSSR count). The third-order valence-corrected chi connectivity index (χ3v) is 3.12. The summed E-state index contributed by atoms with van der Waals surface area (Å²) in [5.74, 6) is 0.518. The van der Waals surface area contributed by atoms with Gasteiger partial charge in [0.15, 0.2) is 0 Å². The van der Waals surface area contributed by atoms with Crippen LogP contribution in [0.3, 0.4) is 0 Å². The van der Waals surface area contributed by atoms with Gasteiger partial charge in [0, 0.05) is 12.6 Å².